The summed E-state index contributed by atoms with van der Waals surface area (Å²) in [5.41, 5.74) is 0. The number of hydrogen-bond donors (Lipinski definition) is 0. The van der Waals surface area contributed by atoms with Gasteiger partial charge in [0, 0.05) is 0 Å². The zero-order chi connectivity index (χ0) is 2.00. The van der Waals surface area contributed by atoms with Gasteiger partial charge in [0.25, 0.3) is 0 Å². The first kappa shape index (κ1) is 29.3. The molecule has 0 unspecified atom stereocenters. The summed E-state index contributed by atoms with van der Waals surface area (Å²) in [6, 6.07) is 0. The maximum atomic E-state index is 8.25. The van der Waals surface area contributed by atoms with Crippen molar-refractivity contribution in [3.05, 3.63) is 0 Å². The van der Waals surface area contributed by atoms with Crippen molar-refractivity contribution in [2.24, 2.45) is 0 Å². The molecule has 0 fully saturated rings. The summed E-state index contributed by atoms with van der Waals surface area (Å²) in [4.78, 5) is 0. The van der Waals surface area contributed by atoms with Gasteiger partial charge in [-0.25, -0.2) is 0 Å². The Morgan fingerprint density at radius 3 is 1.20 bits per heavy atom. The molecule has 0 radical (unpaired) electrons. The van der Waals surface area contributed by atoms with E-state index in [-0.39, 0.29) is 62.1 Å². The summed E-state index contributed by atoms with van der Waals surface area (Å²) in [5.74, 6) is 0. The van der Waals surface area contributed by atoms with Crippen LogP contribution in [-0.4, -0.2) is 44.8 Å². The fourth-order valence-corrected chi connectivity index (χ4v) is 0. The second-order valence-electron chi connectivity index (χ2n) is 0. The largest absolute Gasteiger partial charge is 2.00 e. The van der Waals surface area contributed by atoms with Crippen molar-refractivity contribution < 1.29 is 29.4 Å². The fourth-order valence-electron chi connectivity index (χ4n) is 0. The molecule has 0 heterocycles. The van der Waals surface area contributed by atoms with Gasteiger partial charge in [-0.05, 0) is 0 Å². The van der Waals surface area contributed by atoms with E-state index in [0.717, 1.165) is 7.11 Å². The number of rotatable bonds is 0. The first-order chi connectivity index (χ1) is 1.00. The van der Waals surface area contributed by atoms with Gasteiger partial charge in [0.15, 0.2) is 0 Å². The maximum absolute atomic E-state index is 8.25. The van der Waals surface area contributed by atoms with E-state index in [4.69, 9.17) is 5.11 Å². The average molecular weight is 94.1 g/mol. The molecule has 0 N–H and O–H groups in total. The molecule has 0 aromatic rings. The smallest absolute Gasteiger partial charge is 2.00 e. The van der Waals surface area contributed by atoms with Crippen molar-refractivity contribution in [3.8, 4) is 0 Å². The molecule has 0 aliphatic carbocycles. The Hall–Kier alpha value is 1.78. The molecular weight excluding hydrogens is 91.0 g/mol. The molecule has 0 saturated carbocycles. The van der Waals surface area contributed by atoms with Crippen LogP contribution in [0.1, 0.15) is 0 Å². The monoisotopic (exact) mass is 94.0 g/mol. The van der Waals surface area contributed by atoms with E-state index < -0.39 is 0 Å². The zero-order valence-electron chi connectivity index (χ0n) is 3.52. The van der Waals surface area contributed by atoms with Crippen LogP contribution in [0.15, 0.2) is 0 Å². The summed E-state index contributed by atoms with van der Waals surface area (Å²) in [6.07, 6.45) is 0. The van der Waals surface area contributed by atoms with Crippen molar-refractivity contribution in [2.75, 3.05) is 7.11 Å². The van der Waals surface area contributed by atoms with E-state index in [1.807, 2.05) is 0 Å². The van der Waals surface area contributed by atoms with E-state index in [0.29, 0.717) is 0 Å². The van der Waals surface area contributed by atoms with Gasteiger partial charge in [-0.3, -0.25) is 0 Å². The van der Waals surface area contributed by atoms with Crippen molar-refractivity contribution in [3.63, 3.8) is 0 Å². The van der Waals surface area contributed by atoms with Gasteiger partial charge in [0.2, 0.25) is 0 Å². The van der Waals surface area contributed by atoms with Crippen LogP contribution in [0.3, 0.4) is 0 Å². The van der Waals surface area contributed by atoms with Gasteiger partial charge in [0.1, 0.15) is 0 Å². The third kappa shape index (κ3) is 26.1. The van der Waals surface area contributed by atoms with Gasteiger partial charge >= 0.3 is 56.6 Å². The summed E-state index contributed by atoms with van der Waals surface area (Å²) >= 11 is 0. The molecule has 0 aliphatic heterocycles. The molecule has 0 bridgehead atoms. The van der Waals surface area contributed by atoms with Crippen molar-refractivity contribution in [2.45, 2.75) is 0 Å². The van der Waals surface area contributed by atoms with Crippen LogP contribution >= 0.6 is 0 Å². The molecule has 0 atom stereocenters. The van der Waals surface area contributed by atoms with E-state index >= 15 is 0 Å². The molecule has 5 heavy (non-hydrogen) atoms. The van der Waals surface area contributed by atoms with Gasteiger partial charge in [0.05, 0.1) is 0 Å². The molecule has 0 aromatic carbocycles. The quantitative estimate of drug-likeness (QED) is 0.279. The van der Waals surface area contributed by atoms with Crippen molar-refractivity contribution in [1.29, 1.82) is 0 Å². The second kappa shape index (κ2) is 41.7. The first-order valence-electron chi connectivity index (χ1n) is 0.408. The Morgan fingerprint density at radius 1 is 1.20 bits per heavy atom. The van der Waals surface area contributed by atoms with Crippen molar-refractivity contribution >= 4 is 37.7 Å². The number of hydrogen-bond acceptors (Lipinski definition) is 1. The zero-order valence-corrected chi connectivity index (χ0v) is 5.73. The molecule has 0 saturated heterocycles. The van der Waals surface area contributed by atoms with E-state index in [9.17, 15) is 0 Å². The van der Waals surface area contributed by atoms with Crippen LogP contribution in [0.25, 0.3) is 0 Å². The van der Waals surface area contributed by atoms with Gasteiger partial charge in [-0.15, -0.1) is 0 Å². The SMILES string of the molecule is C[O-].[Ca+2].[Li+].[O-2]. The first-order valence-corrected chi connectivity index (χ1v) is 0.408. The van der Waals surface area contributed by atoms with E-state index in [1.54, 1.807) is 0 Å². The van der Waals surface area contributed by atoms with Crippen LogP contribution in [0.2, 0.25) is 0 Å². The summed E-state index contributed by atoms with van der Waals surface area (Å²) in [7, 11) is 0.750. The van der Waals surface area contributed by atoms with Crippen LogP contribution in [-0.2, 0) is 5.48 Å². The summed E-state index contributed by atoms with van der Waals surface area (Å²) in [5, 5.41) is 8.25. The van der Waals surface area contributed by atoms with Crippen LogP contribution in [0, 0.1) is 0 Å². The Balaban J connectivity index is -0.00000000167. The van der Waals surface area contributed by atoms with Crippen LogP contribution in [0.4, 0.5) is 0 Å². The third-order valence-electron chi connectivity index (χ3n) is 0. The predicted octanol–water partition coefficient (Wildman–Crippen LogP) is -4.52. The average Bonchev–Trinajstić information content (AvgIpc) is 1.00. The molecular formula is CH3CaLiO2. The topological polar surface area (TPSA) is 51.6 Å². The normalized spacial score (nSPS) is 1.20. The van der Waals surface area contributed by atoms with Gasteiger partial charge in [-0.2, -0.15) is 7.11 Å². The molecule has 0 aromatic heterocycles. The molecule has 0 spiro atoms. The van der Waals surface area contributed by atoms with Crippen molar-refractivity contribution in [1.82, 2.24) is 0 Å². The molecule has 0 amide bonds. The summed E-state index contributed by atoms with van der Waals surface area (Å²) in [6.45, 7) is 0. The minimum absolute atomic E-state index is 0. The Kier molecular flexibility index (Phi) is 245. The minimum Gasteiger partial charge on any atom is -2.00 e. The summed E-state index contributed by atoms with van der Waals surface area (Å²) < 4.78 is 0. The standard InChI is InChI=1S/CH3O.Ca.Li.O/c1-2;;;/h1H3;;;/q-1;+2;+1;-2. The fraction of sp³-hybridized carbons (Fsp3) is 1.00. The predicted molar refractivity (Wildman–Crippen MR) is 12.4 cm³/mol. The van der Waals surface area contributed by atoms with Gasteiger partial charge < -0.3 is 10.6 Å². The van der Waals surface area contributed by atoms with E-state index in [1.165, 1.54) is 0 Å². The Morgan fingerprint density at radius 2 is 1.20 bits per heavy atom. The molecule has 4 heteroatoms. The Labute approximate surface area is 73.4 Å². The second-order valence-corrected chi connectivity index (χ2v) is 0. The molecule has 2 nitrogen and oxygen atoms in total. The minimum atomic E-state index is 0. The Bertz CT molecular complexity index is 9.61. The maximum Gasteiger partial charge on any atom is 2.00 e. The van der Waals surface area contributed by atoms with Crippen LogP contribution in [0.5, 0.6) is 0 Å². The molecule has 22 valence electrons. The molecule has 0 aliphatic rings. The van der Waals surface area contributed by atoms with Gasteiger partial charge in [-0.1, -0.05) is 0 Å². The third-order valence-corrected chi connectivity index (χ3v) is 0. The van der Waals surface area contributed by atoms with Crippen LogP contribution < -0.4 is 24.0 Å². The molecule has 0 rings (SSSR count). The van der Waals surface area contributed by atoms with E-state index in [2.05, 4.69) is 0 Å².